The van der Waals surface area contributed by atoms with Gasteiger partial charge in [-0.15, -0.1) is 0 Å². The van der Waals surface area contributed by atoms with Crippen LogP contribution in [0.3, 0.4) is 0 Å². The Balaban J connectivity index is 1.68. The summed E-state index contributed by atoms with van der Waals surface area (Å²) in [5, 5.41) is 3.01. The molecule has 5 heteroatoms. The Hall–Kier alpha value is -2.66. The summed E-state index contributed by atoms with van der Waals surface area (Å²) >= 11 is 0. The van der Waals surface area contributed by atoms with Crippen molar-refractivity contribution in [3.63, 3.8) is 0 Å². The molecule has 0 aliphatic carbocycles. The number of aliphatic imine (C=N–C) groups is 1. The first kappa shape index (κ1) is 18.7. The molecule has 0 radical (unpaired) electrons. The van der Waals surface area contributed by atoms with E-state index in [9.17, 15) is 4.79 Å². The van der Waals surface area contributed by atoms with Crippen LogP contribution in [-0.2, 0) is 10.3 Å². The van der Waals surface area contributed by atoms with Crippen molar-refractivity contribution < 1.29 is 4.79 Å². The summed E-state index contributed by atoms with van der Waals surface area (Å²) in [4.78, 5) is 21.2. The van der Waals surface area contributed by atoms with Crippen molar-refractivity contribution in [3.05, 3.63) is 70.7 Å². The Morgan fingerprint density at radius 2 is 1.96 bits per heavy atom. The van der Waals surface area contributed by atoms with Gasteiger partial charge in [-0.25, -0.2) is 4.99 Å². The molecule has 0 saturated carbocycles. The van der Waals surface area contributed by atoms with Crippen molar-refractivity contribution in [1.29, 1.82) is 0 Å². The van der Waals surface area contributed by atoms with E-state index >= 15 is 0 Å². The molecule has 0 bridgehead atoms. The first-order valence-electron chi connectivity index (χ1n) is 10.0. The lowest BCUT2D eigenvalue weighted by Crippen LogP contribution is -2.38. The van der Waals surface area contributed by atoms with Crippen LogP contribution in [-0.4, -0.2) is 42.2 Å². The smallest absolute Gasteiger partial charge is 0.248 e. The number of carbonyl (C=O) groups is 1. The summed E-state index contributed by atoms with van der Waals surface area (Å²) in [6, 6.07) is 8.81. The number of hydrogen-bond acceptors (Lipinski definition) is 4. The highest BCUT2D eigenvalue weighted by Crippen LogP contribution is 2.35. The number of benzene rings is 1. The van der Waals surface area contributed by atoms with Gasteiger partial charge in [0.15, 0.2) is 0 Å². The Morgan fingerprint density at radius 3 is 2.64 bits per heavy atom. The summed E-state index contributed by atoms with van der Waals surface area (Å²) in [6.45, 7) is 5.37. The van der Waals surface area contributed by atoms with Gasteiger partial charge >= 0.3 is 0 Å². The lowest BCUT2D eigenvalue weighted by atomic mass is 9.86. The van der Waals surface area contributed by atoms with Crippen LogP contribution in [0, 0.1) is 0 Å². The highest BCUT2D eigenvalue weighted by atomic mass is 16.1. The third-order valence-corrected chi connectivity index (χ3v) is 6.17. The zero-order valence-corrected chi connectivity index (χ0v) is 17.1. The number of hydrogen-bond donors (Lipinski definition) is 1. The van der Waals surface area contributed by atoms with Crippen LogP contribution >= 0.6 is 0 Å². The molecular formula is C23H28N4O. The van der Waals surface area contributed by atoms with Crippen molar-refractivity contribution in [3.8, 4) is 0 Å². The predicted octanol–water partition coefficient (Wildman–Crippen LogP) is 3.51. The van der Waals surface area contributed by atoms with Gasteiger partial charge in [0, 0.05) is 47.6 Å². The number of amides is 1. The molecule has 146 valence electrons. The van der Waals surface area contributed by atoms with E-state index in [0.717, 1.165) is 54.2 Å². The topological polar surface area (TPSA) is 47.9 Å². The fourth-order valence-corrected chi connectivity index (χ4v) is 4.34. The van der Waals surface area contributed by atoms with E-state index in [0.29, 0.717) is 0 Å². The Bertz CT molecular complexity index is 920. The molecule has 1 aromatic rings. The maximum Gasteiger partial charge on any atom is 0.248 e. The van der Waals surface area contributed by atoms with Gasteiger partial charge in [-0.05, 0) is 39.1 Å². The molecule has 3 aliphatic rings. The molecule has 0 fully saturated rings. The third-order valence-electron chi connectivity index (χ3n) is 6.17. The van der Waals surface area contributed by atoms with Crippen molar-refractivity contribution >= 4 is 11.7 Å². The highest BCUT2D eigenvalue weighted by molar-refractivity contribution is 6.02. The van der Waals surface area contributed by atoms with E-state index in [1.165, 1.54) is 5.56 Å². The third kappa shape index (κ3) is 3.00. The van der Waals surface area contributed by atoms with Crippen molar-refractivity contribution in [2.45, 2.75) is 38.6 Å². The summed E-state index contributed by atoms with van der Waals surface area (Å²) in [5.74, 6) is 0.886. The van der Waals surface area contributed by atoms with E-state index in [2.05, 4.69) is 67.3 Å². The lowest BCUT2D eigenvalue weighted by molar-refractivity contribution is -0.115. The van der Waals surface area contributed by atoms with Crippen LogP contribution in [0.4, 0.5) is 0 Å². The van der Waals surface area contributed by atoms with Gasteiger partial charge in [0.25, 0.3) is 0 Å². The number of carbonyl (C=O) groups excluding carboxylic acids is 1. The maximum atomic E-state index is 11.9. The van der Waals surface area contributed by atoms with Gasteiger partial charge in [0.05, 0.1) is 5.70 Å². The molecule has 28 heavy (non-hydrogen) atoms. The zero-order chi connectivity index (χ0) is 19.9. The molecule has 1 amide bonds. The maximum absolute atomic E-state index is 11.9. The molecule has 1 N–H and O–H groups in total. The van der Waals surface area contributed by atoms with Gasteiger partial charge in [0.1, 0.15) is 5.84 Å². The van der Waals surface area contributed by atoms with Crippen LogP contribution in [0.5, 0.6) is 0 Å². The minimum Gasteiger partial charge on any atom is -0.324 e. The van der Waals surface area contributed by atoms with Crippen LogP contribution in [0.1, 0.15) is 44.2 Å². The minimum absolute atomic E-state index is 0.0223. The largest absolute Gasteiger partial charge is 0.324 e. The fraction of sp³-hybridized carbons (Fsp3) is 0.391. The van der Waals surface area contributed by atoms with Gasteiger partial charge < -0.3 is 10.2 Å². The molecule has 1 aromatic carbocycles. The van der Waals surface area contributed by atoms with Crippen LogP contribution in [0.25, 0.3) is 0 Å². The number of nitrogens with zero attached hydrogens (tertiary/aromatic N) is 3. The van der Waals surface area contributed by atoms with Gasteiger partial charge in [0.2, 0.25) is 5.91 Å². The van der Waals surface area contributed by atoms with Crippen molar-refractivity contribution in [2.75, 3.05) is 20.6 Å². The standard InChI is InChI=1S/C23H28N4O/c1-5-13-23(2,26(3)4)18-9-6-16(7-10-18)22-24-15-17-8-11-20(28)25-19-12-14-27(22)21(17)19/h6-11,15H,5,12-14H2,1-4H3,(H,25,28). The second-order valence-electron chi connectivity index (χ2n) is 8.08. The summed E-state index contributed by atoms with van der Waals surface area (Å²) in [5.41, 5.74) is 5.52. The molecule has 4 rings (SSSR count). The van der Waals surface area contributed by atoms with Crippen LogP contribution in [0.15, 0.2) is 64.6 Å². The van der Waals surface area contributed by atoms with Gasteiger partial charge in [-0.2, -0.15) is 0 Å². The minimum atomic E-state index is -0.0653. The number of allylic oxidation sites excluding steroid dienone is 1. The van der Waals surface area contributed by atoms with E-state index < -0.39 is 0 Å². The van der Waals surface area contributed by atoms with E-state index in [1.807, 2.05) is 12.3 Å². The molecular weight excluding hydrogens is 348 g/mol. The van der Waals surface area contributed by atoms with E-state index in [4.69, 9.17) is 4.99 Å². The number of nitrogens with one attached hydrogen (secondary N) is 1. The molecule has 5 nitrogen and oxygen atoms in total. The Morgan fingerprint density at radius 1 is 1.21 bits per heavy atom. The first-order valence-corrected chi connectivity index (χ1v) is 10.0. The lowest BCUT2D eigenvalue weighted by Gasteiger charge is -2.37. The second kappa shape index (κ2) is 7.06. The predicted molar refractivity (Wildman–Crippen MR) is 113 cm³/mol. The Kier molecular flexibility index (Phi) is 4.71. The van der Waals surface area contributed by atoms with Crippen molar-refractivity contribution in [1.82, 2.24) is 15.1 Å². The van der Waals surface area contributed by atoms with Crippen LogP contribution in [0.2, 0.25) is 0 Å². The monoisotopic (exact) mass is 376 g/mol. The molecule has 3 heterocycles. The van der Waals surface area contributed by atoms with E-state index in [1.54, 1.807) is 6.08 Å². The number of rotatable bonds is 5. The summed E-state index contributed by atoms with van der Waals surface area (Å²) < 4.78 is 0. The Labute approximate surface area is 167 Å². The zero-order valence-electron chi connectivity index (χ0n) is 17.1. The van der Waals surface area contributed by atoms with Crippen LogP contribution < -0.4 is 5.32 Å². The fourth-order valence-electron chi connectivity index (χ4n) is 4.34. The SMILES string of the molecule is CCCC(C)(c1ccc(C2=NC=C3C=CC(=O)NC4=C3N2CC4)cc1)N(C)C. The van der Waals surface area contributed by atoms with Crippen molar-refractivity contribution in [2.24, 2.45) is 4.99 Å². The molecule has 3 aliphatic heterocycles. The molecule has 0 aromatic heterocycles. The number of amidine groups is 1. The van der Waals surface area contributed by atoms with E-state index in [-0.39, 0.29) is 11.4 Å². The molecule has 0 spiro atoms. The highest BCUT2D eigenvalue weighted by Gasteiger charge is 2.33. The quantitative estimate of drug-likeness (QED) is 0.855. The average molecular weight is 377 g/mol. The second-order valence-corrected chi connectivity index (χ2v) is 8.08. The molecule has 0 saturated heterocycles. The summed E-state index contributed by atoms with van der Waals surface area (Å²) in [7, 11) is 4.29. The van der Waals surface area contributed by atoms with Gasteiger partial charge in [-0.1, -0.05) is 37.6 Å². The first-order chi connectivity index (χ1) is 13.4. The summed E-state index contributed by atoms with van der Waals surface area (Å²) in [6.07, 6.45) is 8.38. The average Bonchev–Trinajstić information content (AvgIpc) is 3.02. The van der Waals surface area contributed by atoms with Gasteiger partial charge in [-0.3, -0.25) is 9.69 Å². The molecule has 1 unspecified atom stereocenters. The molecule has 1 atom stereocenters. The normalized spacial score (nSPS) is 20.5.